The van der Waals surface area contributed by atoms with Crippen LogP contribution in [0.4, 0.5) is 0 Å². The molecule has 1 aromatic heterocycles. The lowest BCUT2D eigenvalue weighted by Gasteiger charge is -2.05. The molecule has 1 rings (SSSR count). The van der Waals surface area contributed by atoms with Crippen molar-refractivity contribution in [2.45, 2.75) is 44.3 Å². The minimum absolute atomic E-state index is 0.0678. The number of H-pyrrole nitrogens is 1. The predicted molar refractivity (Wildman–Crippen MR) is 67.8 cm³/mol. The first-order valence-corrected chi connectivity index (χ1v) is 6.59. The second-order valence-electron chi connectivity index (χ2n) is 3.91. The van der Waals surface area contributed by atoms with Crippen LogP contribution in [0.3, 0.4) is 0 Å². The van der Waals surface area contributed by atoms with E-state index in [1.165, 1.54) is 0 Å². The third-order valence-electron chi connectivity index (χ3n) is 2.09. The molecule has 0 saturated heterocycles. The van der Waals surface area contributed by atoms with E-state index in [4.69, 9.17) is 5.73 Å². The fraction of sp³-hybridized carbons (Fsp3) is 0.636. The number of aryl methyl sites for hydroxylation is 1. The van der Waals surface area contributed by atoms with Crippen LogP contribution in [0.2, 0.25) is 0 Å². The van der Waals surface area contributed by atoms with Crippen molar-refractivity contribution in [2.75, 3.05) is 5.75 Å². The Morgan fingerprint density at radius 3 is 3.00 bits per heavy atom. The summed E-state index contributed by atoms with van der Waals surface area (Å²) in [6.45, 7) is 4.05. The normalized spacial score (nSPS) is 12.7. The molecule has 5 heteroatoms. The Kier molecular flexibility index (Phi) is 5.55. The van der Waals surface area contributed by atoms with Gasteiger partial charge in [-0.1, -0.05) is 25.1 Å². The van der Waals surface area contributed by atoms with E-state index in [-0.39, 0.29) is 11.6 Å². The van der Waals surface area contributed by atoms with Crippen molar-refractivity contribution in [1.82, 2.24) is 9.97 Å². The van der Waals surface area contributed by atoms with Gasteiger partial charge in [0, 0.05) is 23.6 Å². The molecule has 0 radical (unpaired) electrons. The van der Waals surface area contributed by atoms with Gasteiger partial charge >= 0.3 is 0 Å². The molecule has 90 valence electrons. The highest BCUT2D eigenvalue weighted by Crippen LogP contribution is 2.13. The van der Waals surface area contributed by atoms with Gasteiger partial charge in [0.25, 0.3) is 5.56 Å². The number of hydrogen-bond acceptors (Lipinski definition) is 4. The third kappa shape index (κ3) is 4.81. The van der Waals surface area contributed by atoms with Crippen LogP contribution in [0.15, 0.2) is 16.0 Å². The highest BCUT2D eigenvalue weighted by atomic mass is 32.2. The second kappa shape index (κ2) is 6.70. The summed E-state index contributed by atoms with van der Waals surface area (Å²) in [7, 11) is 0. The molecule has 1 aromatic rings. The number of nitrogens with two attached hydrogens (primary N) is 1. The molecule has 0 bridgehead atoms. The van der Waals surface area contributed by atoms with Gasteiger partial charge in [0.05, 0.1) is 0 Å². The van der Waals surface area contributed by atoms with Crippen LogP contribution in [0.25, 0.3) is 0 Å². The zero-order valence-electron chi connectivity index (χ0n) is 9.82. The van der Waals surface area contributed by atoms with Crippen LogP contribution >= 0.6 is 11.8 Å². The molecule has 1 atom stereocenters. The lowest BCUT2D eigenvalue weighted by atomic mass is 10.2. The highest BCUT2D eigenvalue weighted by molar-refractivity contribution is 7.99. The van der Waals surface area contributed by atoms with E-state index < -0.39 is 0 Å². The number of nitrogens with zero attached hydrogens (tertiary/aromatic N) is 1. The fourth-order valence-electron chi connectivity index (χ4n) is 1.28. The molecule has 3 N–H and O–H groups in total. The van der Waals surface area contributed by atoms with Crippen LogP contribution in [0.1, 0.15) is 32.4 Å². The molecule has 0 saturated carbocycles. The Morgan fingerprint density at radius 1 is 1.62 bits per heavy atom. The molecule has 16 heavy (non-hydrogen) atoms. The molecular weight excluding hydrogens is 222 g/mol. The maximum absolute atomic E-state index is 11.3. The Bertz CT molecular complexity index is 376. The average molecular weight is 241 g/mol. The van der Waals surface area contributed by atoms with E-state index in [1.54, 1.807) is 17.8 Å². The van der Waals surface area contributed by atoms with Crippen LogP contribution < -0.4 is 11.3 Å². The minimum atomic E-state index is -0.0678. The number of rotatable bonds is 6. The van der Waals surface area contributed by atoms with Crippen LogP contribution in [0, 0.1) is 0 Å². The van der Waals surface area contributed by atoms with Crippen LogP contribution in [-0.2, 0) is 6.42 Å². The van der Waals surface area contributed by atoms with Gasteiger partial charge in [-0.05, 0) is 19.8 Å². The largest absolute Gasteiger partial charge is 0.328 e. The number of thioether (sulfide) groups is 1. The molecule has 0 aliphatic heterocycles. The predicted octanol–water partition coefficient (Wildman–Crippen LogP) is 1.55. The maximum atomic E-state index is 11.3. The molecule has 4 nitrogen and oxygen atoms in total. The standard InChI is InChI=1S/C11H19N3OS/c1-3-4-9-7-10(15)14-11(13-9)16-6-5-8(2)12/h7-8H,3-6,12H2,1-2H3,(H,13,14,15). The van der Waals surface area contributed by atoms with Crippen molar-refractivity contribution in [2.24, 2.45) is 5.73 Å². The van der Waals surface area contributed by atoms with E-state index in [0.717, 1.165) is 30.7 Å². The van der Waals surface area contributed by atoms with Gasteiger partial charge in [0.1, 0.15) is 0 Å². The number of hydrogen-bond donors (Lipinski definition) is 2. The van der Waals surface area contributed by atoms with Crippen molar-refractivity contribution < 1.29 is 0 Å². The fourth-order valence-corrected chi connectivity index (χ4v) is 2.32. The van der Waals surface area contributed by atoms with E-state index in [0.29, 0.717) is 5.16 Å². The monoisotopic (exact) mass is 241 g/mol. The van der Waals surface area contributed by atoms with E-state index in [2.05, 4.69) is 16.9 Å². The van der Waals surface area contributed by atoms with Crippen molar-refractivity contribution in [3.8, 4) is 0 Å². The first kappa shape index (κ1) is 13.3. The van der Waals surface area contributed by atoms with Gasteiger partial charge in [0.15, 0.2) is 5.16 Å². The van der Waals surface area contributed by atoms with Crippen LogP contribution in [0.5, 0.6) is 0 Å². The molecule has 1 heterocycles. The van der Waals surface area contributed by atoms with Crippen molar-refractivity contribution in [1.29, 1.82) is 0 Å². The number of nitrogens with one attached hydrogen (secondary N) is 1. The van der Waals surface area contributed by atoms with E-state index in [9.17, 15) is 4.79 Å². The zero-order chi connectivity index (χ0) is 12.0. The summed E-state index contributed by atoms with van der Waals surface area (Å²) < 4.78 is 0. The molecule has 0 fully saturated rings. The summed E-state index contributed by atoms with van der Waals surface area (Å²) in [5, 5.41) is 0.705. The van der Waals surface area contributed by atoms with Crippen LogP contribution in [-0.4, -0.2) is 21.8 Å². The first-order valence-electron chi connectivity index (χ1n) is 5.60. The molecule has 0 amide bonds. The molecule has 0 aromatic carbocycles. The molecule has 1 unspecified atom stereocenters. The Labute approximate surface area is 100 Å². The summed E-state index contributed by atoms with van der Waals surface area (Å²) in [5.41, 5.74) is 6.46. The smallest absolute Gasteiger partial charge is 0.251 e. The van der Waals surface area contributed by atoms with Gasteiger partial charge in [-0.3, -0.25) is 4.79 Å². The summed E-state index contributed by atoms with van der Waals surface area (Å²) >= 11 is 1.56. The minimum Gasteiger partial charge on any atom is -0.328 e. The quantitative estimate of drug-likeness (QED) is 0.585. The summed E-state index contributed by atoms with van der Waals surface area (Å²) in [6, 6.07) is 1.76. The highest BCUT2D eigenvalue weighted by Gasteiger charge is 2.02. The third-order valence-corrected chi connectivity index (χ3v) is 3.00. The summed E-state index contributed by atoms with van der Waals surface area (Å²) in [6.07, 6.45) is 2.78. The average Bonchev–Trinajstić information content (AvgIpc) is 2.16. The van der Waals surface area contributed by atoms with Gasteiger partial charge < -0.3 is 10.7 Å². The molecular formula is C11H19N3OS. The van der Waals surface area contributed by atoms with Crippen molar-refractivity contribution >= 4 is 11.8 Å². The van der Waals surface area contributed by atoms with Crippen molar-refractivity contribution in [3.05, 3.63) is 22.1 Å². The van der Waals surface area contributed by atoms with E-state index >= 15 is 0 Å². The molecule has 0 aliphatic carbocycles. The summed E-state index contributed by atoms with van der Waals surface area (Å²) in [4.78, 5) is 18.5. The SMILES string of the molecule is CCCc1cc(=O)[nH]c(SCCC(C)N)n1. The van der Waals surface area contributed by atoms with Gasteiger partial charge in [0.2, 0.25) is 0 Å². The zero-order valence-corrected chi connectivity index (χ0v) is 10.6. The number of aromatic nitrogens is 2. The Balaban J connectivity index is 2.61. The lowest BCUT2D eigenvalue weighted by molar-refractivity contribution is 0.719. The topological polar surface area (TPSA) is 71.8 Å². The van der Waals surface area contributed by atoms with Crippen molar-refractivity contribution in [3.63, 3.8) is 0 Å². The molecule has 0 spiro atoms. The molecule has 0 aliphatic rings. The lowest BCUT2D eigenvalue weighted by Crippen LogP contribution is -2.15. The first-order chi connectivity index (χ1) is 7.61. The maximum Gasteiger partial charge on any atom is 0.251 e. The Hall–Kier alpha value is -0.810. The number of aromatic amines is 1. The van der Waals surface area contributed by atoms with E-state index in [1.807, 2.05) is 6.92 Å². The van der Waals surface area contributed by atoms with Gasteiger partial charge in [-0.2, -0.15) is 0 Å². The van der Waals surface area contributed by atoms with Gasteiger partial charge in [-0.25, -0.2) is 4.98 Å². The van der Waals surface area contributed by atoms with Gasteiger partial charge in [-0.15, -0.1) is 0 Å². The second-order valence-corrected chi connectivity index (χ2v) is 4.99. The summed E-state index contributed by atoms with van der Waals surface area (Å²) in [5.74, 6) is 0.885. The Morgan fingerprint density at radius 2 is 2.38 bits per heavy atom.